The molecule has 0 heterocycles. The van der Waals surface area contributed by atoms with E-state index in [-0.39, 0.29) is 0 Å². The Kier molecular flexibility index (Phi) is 3.26. The van der Waals surface area contributed by atoms with Gasteiger partial charge in [-0.3, -0.25) is 10.1 Å². The Balaban J connectivity index is 3.73. The van der Waals surface area contributed by atoms with Crippen LogP contribution < -0.4 is 0 Å². The van der Waals surface area contributed by atoms with Crippen molar-refractivity contribution in [2.75, 3.05) is 12.5 Å². The molecule has 94 valence electrons. The van der Waals surface area contributed by atoms with E-state index >= 15 is 0 Å². The van der Waals surface area contributed by atoms with Crippen LogP contribution in [0.15, 0.2) is 28.0 Å². The van der Waals surface area contributed by atoms with Crippen LogP contribution in [0.4, 0.5) is 5.69 Å². The summed E-state index contributed by atoms with van der Waals surface area (Å²) in [7, 11) is -7.62. The number of non-ortho nitro benzene ring substituents is 1. The highest BCUT2D eigenvalue weighted by Gasteiger charge is 2.23. The summed E-state index contributed by atoms with van der Waals surface area (Å²) in [6.45, 7) is 0. The Morgan fingerprint density at radius 1 is 1.00 bits per heavy atom. The molecule has 1 aromatic rings. The van der Waals surface area contributed by atoms with Gasteiger partial charge in [-0.15, -0.1) is 0 Å². The molecular weight excluding hydrogens is 270 g/mol. The van der Waals surface area contributed by atoms with Gasteiger partial charge in [-0.1, -0.05) is 0 Å². The molecule has 0 aliphatic carbocycles. The molecule has 0 atom stereocenters. The molecule has 0 fully saturated rings. The van der Waals surface area contributed by atoms with Crippen LogP contribution in [-0.4, -0.2) is 34.3 Å². The van der Waals surface area contributed by atoms with Gasteiger partial charge in [0, 0.05) is 24.6 Å². The molecule has 9 heteroatoms. The lowest BCUT2D eigenvalue weighted by atomic mass is 10.3. The van der Waals surface area contributed by atoms with E-state index in [9.17, 15) is 26.9 Å². The van der Waals surface area contributed by atoms with Gasteiger partial charge in [-0.05, 0) is 6.07 Å². The SMILES string of the molecule is CS(=O)(=O)c1ccc([N+](=O)[O-])cc1S(C)(=O)=O. The maximum Gasteiger partial charge on any atom is 0.270 e. The van der Waals surface area contributed by atoms with Crippen molar-refractivity contribution >= 4 is 25.4 Å². The van der Waals surface area contributed by atoms with Gasteiger partial charge in [-0.2, -0.15) is 0 Å². The molecule has 0 aliphatic heterocycles. The number of nitro groups is 1. The van der Waals surface area contributed by atoms with E-state index in [1.807, 2.05) is 0 Å². The lowest BCUT2D eigenvalue weighted by molar-refractivity contribution is -0.385. The number of hydrogen-bond donors (Lipinski definition) is 0. The lowest BCUT2D eigenvalue weighted by Gasteiger charge is -2.05. The summed E-state index contributed by atoms with van der Waals surface area (Å²) in [6.07, 6.45) is 1.63. The summed E-state index contributed by atoms with van der Waals surface area (Å²) in [5.41, 5.74) is -0.474. The predicted molar refractivity (Wildman–Crippen MR) is 59.3 cm³/mol. The third kappa shape index (κ3) is 3.01. The highest BCUT2D eigenvalue weighted by Crippen LogP contribution is 2.25. The van der Waals surface area contributed by atoms with Crippen LogP contribution in [0.3, 0.4) is 0 Å². The first-order valence-electron chi connectivity index (χ1n) is 4.22. The van der Waals surface area contributed by atoms with Crippen molar-refractivity contribution < 1.29 is 21.8 Å². The average molecular weight is 279 g/mol. The molecule has 0 amide bonds. The number of nitrogens with zero attached hydrogens (tertiary/aromatic N) is 1. The maximum absolute atomic E-state index is 11.4. The molecule has 1 aromatic carbocycles. The zero-order valence-corrected chi connectivity index (χ0v) is 10.6. The molecule has 0 spiro atoms. The zero-order valence-electron chi connectivity index (χ0n) is 8.95. The topological polar surface area (TPSA) is 111 Å². The summed E-state index contributed by atoms with van der Waals surface area (Å²) in [6, 6.07) is 2.61. The van der Waals surface area contributed by atoms with E-state index in [1.54, 1.807) is 0 Å². The molecular formula is C8H9NO6S2. The molecule has 0 saturated heterocycles. The first-order valence-corrected chi connectivity index (χ1v) is 8.00. The van der Waals surface area contributed by atoms with E-state index in [0.717, 1.165) is 30.7 Å². The number of rotatable bonds is 3. The third-order valence-corrected chi connectivity index (χ3v) is 4.36. The number of benzene rings is 1. The predicted octanol–water partition coefficient (Wildman–Crippen LogP) is 0.402. The molecule has 7 nitrogen and oxygen atoms in total. The van der Waals surface area contributed by atoms with Crippen molar-refractivity contribution in [1.29, 1.82) is 0 Å². The van der Waals surface area contributed by atoms with Crippen LogP contribution in [0.1, 0.15) is 0 Å². The molecule has 0 aliphatic rings. The van der Waals surface area contributed by atoms with Crippen LogP contribution in [0.2, 0.25) is 0 Å². The van der Waals surface area contributed by atoms with Gasteiger partial charge in [0.25, 0.3) is 5.69 Å². The largest absolute Gasteiger partial charge is 0.270 e. The Hall–Kier alpha value is -1.48. The van der Waals surface area contributed by atoms with Gasteiger partial charge in [0.2, 0.25) is 0 Å². The number of sulfone groups is 2. The standard InChI is InChI=1S/C8H9NO6S2/c1-16(12,13)7-4-3-6(9(10)11)5-8(7)17(2,14)15/h3-5H,1-2H3. The molecule has 17 heavy (non-hydrogen) atoms. The van der Waals surface area contributed by atoms with Gasteiger partial charge < -0.3 is 0 Å². The molecule has 1 rings (SSSR count). The Labute approximate surface area is 98.1 Å². The van der Waals surface area contributed by atoms with Gasteiger partial charge in [-0.25, -0.2) is 16.8 Å². The fraction of sp³-hybridized carbons (Fsp3) is 0.250. The second-order valence-corrected chi connectivity index (χ2v) is 7.40. The number of hydrogen-bond acceptors (Lipinski definition) is 6. The van der Waals surface area contributed by atoms with Gasteiger partial charge in [0.1, 0.15) is 0 Å². The summed E-state index contributed by atoms with van der Waals surface area (Å²) >= 11 is 0. The molecule has 0 unspecified atom stereocenters. The van der Waals surface area contributed by atoms with Crippen molar-refractivity contribution in [3.05, 3.63) is 28.3 Å². The molecule has 0 radical (unpaired) electrons. The van der Waals surface area contributed by atoms with Crippen LogP contribution in [0.5, 0.6) is 0 Å². The first-order chi connectivity index (χ1) is 7.53. The van der Waals surface area contributed by atoms with Crippen LogP contribution in [0, 0.1) is 10.1 Å². The zero-order chi connectivity index (χ0) is 13.4. The second-order valence-electron chi connectivity index (χ2n) is 3.43. The second kappa shape index (κ2) is 4.08. The van der Waals surface area contributed by atoms with Crippen LogP contribution in [-0.2, 0) is 19.7 Å². The summed E-state index contributed by atoms with van der Waals surface area (Å²) < 4.78 is 45.5. The summed E-state index contributed by atoms with van der Waals surface area (Å²) in [5.74, 6) is 0. The fourth-order valence-corrected chi connectivity index (χ4v) is 3.62. The van der Waals surface area contributed by atoms with E-state index in [1.165, 1.54) is 0 Å². The molecule has 0 bridgehead atoms. The Morgan fingerprint density at radius 3 is 1.82 bits per heavy atom. The monoisotopic (exact) mass is 279 g/mol. The number of nitro benzene ring substituents is 1. The van der Waals surface area contributed by atoms with Gasteiger partial charge in [0.15, 0.2) is 19.7 Å². The highest BCUT2D eigenvalue weighted by atomic mass is 32.2. The molecule has 0 saturated carbocycles. The average Bonchev–Trinajstić information content (AvgIpc) is 2.14. The van der Waals surface area contributed by atoms with E-state index in [0.29, 0.717) is 0 Å². The van der Waals surface area contributed by atoms with Crippen molar-refractivity contribution in [3.63, 3.8) is 0 Å². The van der Waals surface area contributed by atoms with Crippen molar-refractivity contribution in [2.24, 2.45) is 0 Å². The van der Waals surface area contributed by atoms with E-state index < -0.39 is 40.1 Å². The van der Waals surface area contributed by atoms with E-state index in [4.69, 9.17) is 0 Å². The smallest absolute Gasteiger partial charge is 0.258 e. The van der Waals surface area contributed by atoms with Crippen molar-refractivity contribution in [2.45, 2.75) is 9.79 Å². The first kappa shape index (κ1) is 13.6. The third-order valence-electron chi connectivity index (χ3n) is 1.94. The van der Waals surface area contributed by atoms with Crippen LogP contribution >= 0.6 is 0 Å². The lowest BCUT2D eigenvalue weighted by Crippen LogP contribution is -2.08. The normalized spacial score (nSPS) is 12.4. The minimum Gasteiger partial charge on any atom is -0.258 e. The summed E-state index contributed by atoms with van der Waals surface area (Å²) in [4.78, 5) is 8.71. The molecule has 0 aromatic heterocycles. The van der Waals surface area contributed by atoms with Crippen LogP contribution in [0.25, 0.3) is 0 Å². The Morgan fingerprint density at radius 2 is 1.47 bits per heavy atom. The fourth-order valence-electron chi connectivity index (χ4n) is 1.21. The van der Waals surface area contributed by atoms with Gasteiger partial charge in [0.05, 0.1) is 14.7 Å². The Bertz CT molecular complexity index is 674. The highest BCUT2D eigenvalue weighted by molar-refractivity contribution is 7.93. The maximum atomic E-state index is 11.4. The quantitative estimate of drug-likeness (QED) is 0.585. The molecule has 0 N–H and O–H groups in total. The minimum absolute atomic E-state index is 0.439. The van der Waals surface area contributed by atoms with Crippen molar-refractivity contribution in [3.8, 4) is 0 Å². The van der Waals surface area contributed by atoms with E-state index in [2.05, 4.69) is 0 Å². The van der Waals surface area contributed by atoms with Crippen molar-refractivity contribution in [1.82, 2.24) is 0 Å². The van der Waals surface area contributed by atoms with Gasteiger partial charge >= 0.3 is 0 Å². The minimum atomic E-state index is -3.86. The summed E-state index contributed by atoms with van der Waals surface area (Å²) in [5, 5.41) is 10.5.